The van der Waals surface area contributed by atoms with Crippen LogP contribution in [0.25, 0.3) is 0 Å². The third kappa shape index (κ3) is 4.02. The van der Waals surface area contributed by atoms with Crippen LogP contribution in [0, 0.1) is 10.8 Å². The molecular weight excluding hydrogens is 190 g/mol. The van der Waals surface area contributed by atoms with Crippen molar-refractivity contribution in [3.05, 3.63) is 0 Å². The van der Waals surface area contributed by atoms with E-state index in [2.05, 4.69) is 5.32 Å². The Balaban J connectivity index is 4.63. The van der Waals surface area contributed by atoms with Crippen molar-refractivity contribution < 1.29 is 9.59 Å². The number of Topliss-reactive ketones (excluding diaryl/α,β-unsaturated/α-hetero) is 1. The van der Waals surface area contributed by atoms with Crippen molar-refractivity contribution in [3.63, 3.8) is 0 Å². The number of nitrogens with one attached hydrogen (secondary N) is 1. The Morgan fingerprint density at radius 2 is 1.53 bits per heavy atom. The van der Waals surface area contributed by atoms with Crippen LogP contribution >= 0.6 is 0 Å². The molecule has 3 nitrogen and oxygen atoms in total. The number of carbonyl (C=O) groups is 2. The maximum absolute atomic E-state index is 11.7. The van der Waals surface area contributed by atoms with Gasteiger partial charge in [0.2, 0.25) is 5.91 Å². The van der Waals surface area contributed by atoms with Gasteiger partial charge in [-0.2, -0.15) is 0 Å². The van der Waals surface area contributed by atoms with Crippen LogP contribution in [0.2, 0.25) is 0 Å². The van der Waals surface area contributed by atoms with Crippen molar-refractivity contribution in [3.8, 4) is 0 Å². The first-order chi connectivity index (χ1) is 6.63. The zero-order chi connectivity index (χ0) is 12.3. The van der Waals surface area contributed by atoms with E-state index in [1.165, 1.54) is 0 Å². The molecule has 88 valence electrons. The summed E-state index contributed by atoms with van der Waals surface area (Å²) in [7, 11) is 0. The van der Waals surface area contributed by atoms with Gasteiger partial charge >= 0.3 is 0 Å². The number of hydrogen-bond acceptors (Lipinski definition) is 2. The molecule has 0 unspecified atom stereocenters. The minimum absolute atomic E-state index is 0.0133. The Kier molecular flexibility index (Phi) is 4.50. The first-order valence-corrected chi connectivity index (χ1v) is 5.43. The molecule has 0 fully saturated rings. The van der Waals surface area contributed by atoms with Crippen LogP contribution in [0.5, 0.6) is 0 Å². The van der Waals surface area contributed by atoms with E-state index in [1.54, 1.807) is 6.92 Å². The van der Waals surface area contributed by atoms with E-state index < -0.39 is 10.8 Å². The largest absolute Gasteiger partial charge is 0.356 e. The summed E-state index contributed by atoms with van der Waals surface area (Å²) >= 11 is 0. The molecule has 0 aliphatic carbocycles. The SMILES string of the molecule is CCNC(=O)C(C)(C)CC(C)(C)C(C)=O. The number of amides is 1. The van der Waals surface area contributed by atoms with Gasteiger partial charge in [0.25, 0.3) is 0 Å². The second-order valence-electron chi connectivity index (χ2n) is 5.36. The van der Waals surface area contributed by atoms with Gasteiger partial charge in [0, 0.05) is 17.4 Å². The first-order valence-electron chi connectivity index (χ1n) is 5.43. The van der Waals surface area contributed by atoms with Crippen LogP contribution in [-0.2, 0) is 9.59 Å². The highest BCUT2D eigenvalue weighted by Gasteiger charge is 2.36. The minimum atomic E-state index is -0.495. The van der Waals surface area contributed by atoms with Crippen LogP contribution in [0.4, 0.5) is 0 Å². The van der Waals surface area contributed by atoms with E-state index in [4.69, 9.17) is 0 Å². The molecule has 15 heavy (non-hydrogen) atoms. The molecule has 0 atom stereocenters. The highest BCUT2D eigenvalue weighted by Crippen LogP contribution is 2.34. The number of rotatable bonds is 5. The van der Waals surface area contributed by atoms with E-state index in [9.17, 15) is 9.59 Å². The molecule has 3 heteroatoms. The van der Waals surface area contributed by atoms with Crippen LogP contribution < -0.4 is 5.32 Å². The van der Waals surface area contributed by atoms with Crippen LogP contribution in [0.1, 0.15) is 48.0 Å². The Morgan fingerprint density at radius 3 is 1.87 bits per heavy atom. The van der Waals surface area contributed by atoms with Gasteiger partial charge in [-0.1, -0.05) is 27.7 Å². The van der Waals surface area contributed by atoms with Gasteiger partial charge in [0.15, 0.2) is 0 Å². The highest BCUT2D eigenvalue weighted by atomic mass is 16.2. The Morgan fingerprint density at radius 1 is 1.07 bits per heavy atom. The monoisotopic (exact) mass is 213 g/mol. The lowest BCUT2D eigenvalue weighted by Gasteiger charge is -2.32. The predicted molar refractivity (Wildman–Crippen MR) is 61.5 cm³/mol. The lowest BCUT2D eigenvalue weighted by Crippen LogP contribution is -2.41. The smallest absolute Gasteiger partial charge is 0.225 e. The zero-order valence-electron chi connectivity index (χ0n) is 10.7. The molecule has 1 N–H and O–H groups in total. The molecule has 0 saturated heterocycles. The third-order valence-corrected chi connectivity index (χ3v) is 2.79. The molecule has 0 aliphatic rings. The normalized spacial score (nSPS) is 12.4. The molecule has 0 radical (unpaired) electrons. The molecule has 0 bridgehead atoms. The van der Waals surface area contributed by atoms with Gasteiger partial charge in [0.1, 0.15) is 5.78 Å². The lowest BCUT2D eigenvalue weighted by molar-refractivity contribution is -0.133. The molecule has 0 aromatic heterocycles. The van der Waals surface area contributed by atoms with E-state index in [0.717, 1.165) is 0 Å². The second kappa shape index (κ2) is 4.77. The lowest BCUT2D eigenvalue weighted by atomic mass is 9.72. The highest BCUT2D eigenvalue weighted by molar-refractivity contribution is 5.85. The second-order valence-corrected chi connectivity index (χ2v) is 5.36. The standard InChI is InChI=1S/C12H23NO2/c1-7-13-10(15)12(5,6)8-11(3,4)9(2)14/h7-8H2,1-6H3,(H,13,15). The number of hydrogen-bond donors (Lipinski definition) is 1. The molecule has 0 spiro atoms. The van der Waals surface area contributed by atoms with Gasteiger partial charge in [-0.05, 0) is 20.3 Å². The maximum atomic E-state index is 11.7. The topological polar surface area (TPSA) is 46.2 Å². The average molecular weight is 213 g/mol. The van der Waals surface area contributed by atoms with Gasteiger partial charge < -0.3 is 5.32 Å². The summed E-state index contributed by atoms with van der Waals surface area (Å²) in [6, 6.07) is 0. The molecule has 0 saturated carbocycles. The summed E-state index contributed by atoms with van der Waals surface area (Å²) < 4.78 is 0. The Labute approximate surface area is 92.6 Å². The van der Waals surface area contributed by atoms with E-state index in [0.29, 0.717) is 13.0 Å². The molecular formula is C12H23NO2. The van der Waals surface area contributed by atoms with Crippen LogP contribution in [-0.4, -0.2) is 18.2 Å². The molecule has 1 amide bonds. The van der Waals surface area contributed by atoms with Crippen molar-refractivity contribution in [1.82, 2.24) is 5.32 Å². The van der Waals surface area contributed by atoms with Crippen LogP contribution in [0.3, 0.4) is 0 Å². The minimum Gasteiger partial charge on any atom is -0.356 e. The van der Waals surface area contributed by atoms with E-state index in [-0.39, 0.29) is 11.7 Å². The molecule has 0 aromatic carbocycles. The summed E-state index contributed by atoms with van der Waals surface area (Å²) in [5.74, 6) is 0.138. The number of ketones is 1. The Hall–Kier alpha value is -0.860. The summed E-state index contributed by atoms with van der Waals surface area (Å²) in [6.07, 6.45) is 0.571. The van der Waals surface area contributed by atoms with Gasteiger partial charge in [0.05, 0.1) is 0 Å². The van der Waals surface area contributed by atoms with Gasteiger partial charge in [-0.15, -0.1) is 0 Å². The zero-order valence-corrected chi connectivity index (χ0v) is 10.7. The maximum Gasteiger partial charge on any atom is 0.225 e. The predicted octanol–water partition coefficient (Wildman–Crippen LogP) is 2.15. The van der Waals surface area contributed by atoms with Gasteiger partial charge in [-0.3, -0.25) is 9.59 Å². The molecule has 0 heterocycles. The third-order valence-electron chi connectivity index (χ3n) is 2.79. The van der Waals surface area contributed by atoms with Crippen molar-refractivity contribution in [2.24, 2.45) is 10.8 Å². The summed E-state index contributed by atoms with van der Waals surface area (Å²) in [5, 5.41) is 2.80. The molecule has 0 aliphatic heterocycles. The fourth-order valence-electron chi connectivity index (χ4n) is 1.71. The van der Waals surface area contributed by atoms with Crippen LogP contribution in [0.15, 0.2) is 0 Å². The fraction of sp³-hybridized carbons (Fsp3) is 0.833. The summed E-state index contributed by atoms with van der Waals surface area (Å²) in [5.41, 5.74) is -0.931. The number of carbonyl (C=O) groups excluding carboxylic acids is 2. The van der Waals surface area contributed by atoms with Crippen molar-refractivity contribution in [2.45, 2.75) is 48.0 Å². The summed E-state index contributed by atoms with van der Waals surface area (Å²) in [4.78, 5) is 23.1. The first kappa shape index (κ1) is 14.1. The van der Waals surface area contributed by atoms with Crippen molar-refractivity contribution in [2.75, 3.05) is 6.54 Å². The summed E-state index contributed by atoms with van der Waals surface area (Å²) in [6.45, 7) is 11.6. The van der Waals surface area contributed by atoms with E-state index in [1.807, 2.05) is 34.6 Å². The van der Waals surface area contributed by atoms with E-state index >= 15 is 0 Å². The average Bonchev–Trinajstić information content (AvgIpc) is 2.02. The van der Waals surface area contributed by atoms with Gasteiger partial charge in [-0.25, -0.2) is 0 Å². The van der Waals surface area contributed by atoms with Crippen molar-refractivity contribution >= 4 is 11.7 Å². The van der Waals surface area contributed by atoms with Crippen molar-refractivity contribution in [1.29, 1.82) is 0 Å². The molecule has 0 aromatic rings. The molecule has 0 rings (SSSR count). The quantitative estimate of drug-likeness (QED) is 0.760. The fourth-order valence-corrected chi connectivity index (χ4v) is 1.71. The Bertz CT molecular complexity index is 254.